The van der Waals surface area contributed by atoms with E-state index in [1.165, 1.54) is 13.0 Å². The number of rotatable bonds is 4. The van der Waals surface area contributed by atoms with Gasteiger partial charge in [-0.1, -0.05) is 13.3 Å². The minimum Gasteiger partial charge on any atom is -0.427 e. The third-order valence-corrected chi connectivity index (χ3v) is 1.94. The summed E-state index contributed by atoms with van der Waals surface area (Å²) in [4.78, 5) is 21.5. The molecule has 0 bridgehead atoms. The molecule has 14 heavy (non-hydrogen) atoms. The van der Waals surface area contributed by atoms with Crippen LogP contribution in [0.2, 0.25) is 0 Å². The minimum atomic E-state index is -0.651. The Bertz CT molecular complexity index is 257. The van der Waals surface area contributed by atoms with E-state index in [0.717, 1.165) is 12.8 Å². The van der Waals surface area contributed by atoms with E-state index in [9.17, 15) is 9.59 Å². The maximum Gasteiger partial charge on any atom is 0.509 e. The standard InChI is InChI=1S/C10H14O4/c1-3-4-8-9(6-5-7(2)11)14-10(12)13-8/h5-6,8-9H,3-4H2,1-2H3/b6-5+/t8-,9-/m1/s1. The molecule has 1 aliphatic rings. The summed E-state index contributed by atoms with van der Waals surface area (Å²) in [5, 5.41) is 0. The van der Waals surface area contributed by atoms with Gasteiger partial charge in [0, 0.05) is 0 Å². The SMILES string of the molecule is CCC[C@H]1OC(=O)O[C@@H]1/C=C/C(C)=O. The van der Waals surface area contributed by atoms with Crippen LogP contribution in [0.3, 0.4) is 0 Å². The van der Waals surface area contributed by atoms with Gasteiger partial charge in [-0.15, -0.1) is 0 Å². The number of ether oxygens (including phenoxy) is 2. The van der Waals surface area contributed by atoms with E-state index in [2.05, 4.69) is 0 Å². The van der Waals surface area contributed by atoms with Crippen LogP contribution in [0, 0.1) is 0 Å². The van der Waals surface area contributed by atoms with Crippen molar-refractivity contribution in [1.82, 2.24) is 0 Å². The van der Waals surface area contributed by atoms with Gasteiger partial charge < -0.3 is 9.47 Å². The predicted molar refractivity (Wildman–Crippen MR) is 49.9 cm³/mol. The second-order valence-electron chi connectivity index (χ2n) is 3.25. The molecular weight excluding hydrogens is 184 g/mol. The second-order valence-corrected chi connectivity index (χ2v) is 3.25. The van der Waals surface area contributed by atoms with Crippen LogP contribution in [0.5, 0.6) is 0 Å². The van der Waals surface area contributed by atoms with Crippen molar-refractivity contribution in [3.8, 4) is 0 Å². The smallest absolute Gasteiger partial charge is 0.427 e. The molecule has 0 aromatic rings. The predicted octanol–water partition coefficient (Wildman–Crippen LogP) is 1.84. The molecule has 4 nitrogen and oxygen atoms in total. The lowest BCUT2D eigenvalue weighted by Crippen LogP contribution is -2.20. The molecule has 1 saturated heterocycles. The van der Waals surface area contributed by atoms with Crippen LogP contribution in [0.15, 0.2) is 12.2 Å². The molecule has 0 unspecified atom stereocenters. The molecule has 0 N–H and O–H groups in total. The first-order valence-electron chi connectivity index (χ1n) is 4.69. The summed E-state index contributed by atoms with van der Waals surface area (Å²) in [6.45, 7) is 3.45. The highest BCUT2D eigenvalue weighted by Gasteiger charge is 2.33. The second kappa shape index (κ2) is 4.79. The molecule has 78 valence electrons. The summed E-state index contributed by atoms with van der Waals surface area (Å²) in [6.07, 6.45) is 3.32. The average Bonchev–Trinajstić information content (AvgIpc) is 2.44. The van der Waals surface area contributed by atoms with Crippen molar-refractivity contribution in [2.24, 2.45) is 0 Å². The highest BCUT2D eigenvalue weighted by Crippen LogP contribution is 2.20. The summed E-state index contributed by atoms with van der Waals surface area (Å²) in [5.74, 6) is -0.0665. The molecule has 0 amide bonds. The van der Waals surface area contributed by atoms with Gasteiger partial charge in [0.15, 0.2) is 11.9 Å². The van der Waals surface area contributed by atoms with Crippen LogP contribution in [0.4, 0.5) is 4.79 Å². The molecule has 0 aromatic heterocycles. The van der Waals surface area contributed by atoms with Crippen LogP contribution in [0.25, 0.3) is 0 Å². The van der Waals surface area contributed by atoms with E-state index in [4.69, 9.17) is 9.47 Å². The molecule has 0 spiro atoms. The highest BCUT2D eigenvalue weighted by atomic mass is 16.8. The molecular formula is C10H14O4. The molecule has 2 atom stereocenters. The normalized spacial score (nSPS) is 26.3. The molecule has 4 heteroatoms. The third kappa shape index (κ3) is 2.87. The molecule has 1 aliphatic heterocycles. The Hall–Kier alpha value is -1.32. The first kappa shape index (κ1) is 10.8. The van der Waals surface area contributed by atoms with Gasteiger partial charge in [-0.3, -0.25) is 4.79 Å². The maximum absolute atomic E-state index is 10.8. The number of carbonyl (C=O) groups excluding carboxylic acids is 2. The average molecular weight is 198 g/mol. The molecule has 1 rings (SSSR count). The van der Waals surface area contributed by atoms with Crippen molar-refractivity contribution in [2.45, 2.75) is 38.9 Å². The quantitative estimate of drug-likeness (QED) is 0.511. The maximum atomic E-state index is 10.8. The van der Waals surface area contributed by atoms with Gasteiger partial charge in [0.2, 0.25) is 0 Å². The van der Waals surface area contributed by atoms with Crippen LogP contribution in [-0.4, -0.2) is 24.1 Å². The lowest BCUT2D eigenvalue weighted by Gasteiger charge is -2.09. The molecule has 1 heterocycles. The fraction of sp³-hybridized carbons (Fsp3) is 0.600. The summed E-state index contributed by atoms with van der Waals surface area (Å²) < 4.78 is 9.80. The van der Waals surface area contributed by atoms with Crippen LogP contribution in [-0.2, 0) is 14.3 Å². The van der Waals surface area contributed by atoms with Crippen molar-refractivity contribution in [3.05, 3.63) is 12.2 Å². The fourth-order valence-electron chi connectivity index (χ4n) is 1.31. The number of ketones is 1. The number of hydrogen-bond donors (Lipinski definition) is 0. The van der Waals surface area contributed by atoms with Gasteiger partial charge >= 0.3 is 6.16 Å². The van der Waals surface area contributed by atoms with Crippen molar-refractivity contribution in [3.63, 3.8) is 0 Å². The Morgan fingerprint density at radius 1 is 1.50 bits per heavy atom. The zero-order chi connectivity index (χ0) is 10.6. The van der Waals surface area contributed by atoms with Gasteiger partial charge in [-0.2, -0.15) is 0 Å². The Kier molecular flexibility index (Phi) is 3.68. The van der Waals surface area contributed by atoms with E-state index in [-0.39, 0.29) is 11.9 Å². The van der Waals surface area contributed by atoms with E-state index < -0.39 is 12.3 Å². The molecule has 0 aliphatic carbocycles. The Morgan fingerprint density at radius 3 is 2.79 bits per heavy atom. The Labute approximate surface area is 82.9 Å². The summed E-state index contributed by atoms with van der Waals surface area (Å²) >= 11 is 0. The zero-order valence-corrected chi connectivity index (χ0v) is 8.36. The van der Waals surface area contributed by atoms with E-state index >= 15 is 0 Å². The van der Waals surface area contributed by atoms with Gasteiger partial charge in [-0.25, -0.2) is 4.79 Å². The van der Waals surface area contributed by atoms with Crippen molar-refractivity contribution < 1.29 is 19.1 Å². The summed E-state index contributed by atoms with van der Waals surface area (Å²) in [7, 11) is 0. The third-order valence-electron chi connectivity index (χ3n) is 1.94. The van der Waals surface area contributed by atoms with E-state index in [0.29, 0.717) is 0 Å². The zero-order valence-electron chi connectivity index (χ0n) is 8.36. The number of carbonyl (C=O) groups is 2. The van der Waals surface area contributed by atoms with Gasteiger partial charge in [0.05, 0.1) is 0 Å². The summed E-state index contributed by atoms with van der Waals surface area (Å²) in [5.41, 5.74) is 0. The first-order chi connectivity index (χ1) is 6.63. The molecule has 0 radical (unpaired) electrons. The van der Waals surface area contributed by atoms with Crippen molar-refractivity contribution in [1.29, 1.82) is 0 Å². The van der Waals surface area contributed by atoms with E-state index in [1.54, 1.807) is 6.08 Å². The summed E-state index contributed by atoms with van der Waals surface area (Å²) in [6, 6.07) is 0. The number of hydrogen-bond acceptors (Lipinski definition) is 4. The monoisotopic (exact) mass is 198 g/mol. The topological polar surface area (TPSA) is 52.6 Å². The van der Waals surface area contributed by atoms with Gasteiger partial charge in [0.1, 0.15) is 6.10 Å². The highest BCUT2D eigenvalue weighted by molar-refractivity contribution is 5.87. The minimum absolute atomic E-state index is 0.0665. The van der Waals surface area contributed by atoms with Crippen LogP contribution in [0.1, 0.15) is 26.7 Å². The van der Waals surface area contributed by atoms with E-state index in [1.807, 2.05) is 6.92 Å². The Morgan fingerprint density at radius 2 is 2.21 bits per heavy atom. The largest absolute Gasteiger partial charge is 0.509 e. The van der Waals surface area contributed by atoms with Gasteiger partial charge in [0.25, 0.3) is 0 Å². The fourth-order valence-corrected chi connectivity index (χ4v) is 1.31. The van der Waals surface area contributed by atoms with Crippen molar-refractivity contribution in [2.75, 3.05) is 0 Å². The molecule has 1 fully saturated rings. The number of cyclic esters (lactones) is 2. The number of allylic oxidation sites excluding steroid dienone is 1. The van der Waals surface area contributed by atoms with Gasteiger partial charge in [-0.05, 0) is 25.5 Å². The first-order valence-corrected chi connectivity index (χ1v) is 4.69. The lowest BCUT2D eigenvalue weighted by atomic mass is 10.1. The van der Waals surface area contributed by atoms with Crippen LogP contribution >= 0.6 is 0 Å². The lowest BCUT2D eigenvalue weighted by molar-refractivity contribution is -0.112. The molecule has 0 saturated carbocycles. The van der Waals surface area contributed by atoms with Crippen LogP contribution < -0.4 is 0 Å². The Balaban J connectivity index is 2.57. The van der Waals surface area contributed by atoms with Crippen molar-refractivity contribution >= 4 is 11.9 Å². The molecule has 0 aromatic carbocycles.